The van der Waals surface area contributed by atoms with Crippen LogP contribution < -0.4 is 5.32 Å². The topological polar surface area (TPSA) is 42.0 Å². The average Bonchev–Trinajstić information content (AvgIpc) is 2.84. The van der Waals surface area contributed by atoms with E-state index < -0.39 is 0 Å². The van der Waals surface area contributed by atoms with Crippen LogP contribution in [-0.4, -0.2) is 10.9 Å². The Balaban J connectivity index is 2.16. The van der Waals surface area contributed by atoms with Crippen LogP contribution in [0.25, 0.3) is 20.8 Å². The quantitative estimate of drug-likeness (QED) is 0.753. The van der Waals surface area contributed by atoms with Crippen molar-refractivity contribution in [2.75, 3.05) is 5.32 Å². The maximum atomic E-state index is 11.3. The number of thiazole rings is 1. The predicted molar refractivity (Wildman–Crippen MR) is 84.4 cm³/mol. The van der Waals surface area contributed by atoms with Gasteiger partial charge in [-0.3, -0.25) is 4.79 Å². The molecule has 3 nitrogen and oxygen atoms in total. The molecule has 20 heavy (non-hydrogen) atoms. The summed E-state index contributed by atoms with van der Waals surface area (Å²) in [7, 11) is 0. The number of benzene rings is 2. The number of hydrogen-bond donors (Lipinski definition) is 1. The molecule has 100 valence electrons. The molecule has 3 aromatic rings. The van der Waals surface area contributed by atoms with Gasteiger partial charge in [0.2, 0.25) is 5.91 Å². The van der Waals surface area contributed by atoms with Crippen molar-refractivity contribution < 1.29 is 4.79 Å². The van der Waals surface area contributed by atoms with Gasteiger partial charge in [0, 0.05) is 17.5 Å². The Hall–Kier alpha value is -1.91. The van der Waals surface area contributed by atoms with Crippen molar-refractivity contribution in [2.45, 2.75) is 6.92 Å². The highest BCUT2D eigenvalue weighted by atomic mass is 35.5. The Labute approximate surface area is 125 Å². The highest BCUT2D eigenvalue weighted by molar-refractivity contribution is 7.21. The molecule has 0 radical (unpaired) electrons. The second-order valence-corrected chi connectivity index (χ2v) is 5.82. The number of hydrogen-bond acceptors (Lipinski definition) is 3. The fourth-order valence-corrected chi connectivity index (χ4v) is 3.15. The lowest BCUT2D eigenvalue weighted by Crippen LogP contribution is -2.06. The predicted octanol–water partition coefficient (Wildman–Crippen LogP) is 4.58. The molecule has 0 unspecified atom stereocenters. The van der Waals surface area contributed by atoms with Crippen molar-refractivity contribution in [3.05, 3.63) is 47.5 Å². The summed E-state index contributed by atoms with van der Waals surface area (Å²) in [5.41, 5.74) is 2.51. The number of nitrogens with one attached hydrogen (secondary N) is 1. The maximum Gasteiger partial charge on any atom is 0.221 e. The number of halogens is 1. The van der Waals surface area contributed by atoms with Crippen molar-refractivity contribution in [3.63, 3.8) is 0 Å². The molecule has 3 rings (SSSR count). The van der Waals surface area contributed by atoms with Crippen molar-refractivity contribution >= 4 is 44.7 Å². The van der Waals surface area contributed by atoms with Crippen LogP contribution in [0.4, 0.5) is 5.69 Å². The van der Waals surface area contributed by atoms with Crippen LogP contribution in [0.15, 0.2) is 42.5 Å². The van der Waals surface area contributed by atoms with Crippen LogP contribution in [0, 0.1) is 0 Å². The van der Waals surface area contributed by atoms with Gasteiger partial charge in [0.15, 0.2) is 0 Å². The average molecular weight is 303 g/mol. The molecule has 0 aliphatic rings. The normalized spacial score (nSPS) is 10.7. The van der Waals surface area contributed by atoms with E-state index in [0.717, 1.165) is 26.5 Å². The number of para-hydroxylation sites is 1. The third-order valence-corrected chi connectivity index (χ3v) is 4.12. The first kappa shape index (κ1) is 13.1. The van der Waals surface area contributed by atoms with Gasteiger partial charge < -0.3 is 5.32 Å². The van der Waals surface area contributed by atoms with Crippen LogP contribution in [0.1, 0.15) is 6.92 Å². The van der Waals surface area contributed by atoms with E-state index in [9.17, 15) is 4.79 Å². The van der Waals surface area contributed by atoms with Gasteiger partial charge in [-0.1, -0.05) is 23.7 Å². The zero-order valence-electron chi connectivity index (χ0n) is 10.7. The molecule has 2 aromatic carbocycles. The third-order valence-electron chi connectivity index (χ3n) is 2.82. The number of aromatic nitrogens is 1. The Bertz CT molecular complexity index is 764. The molecule has 0 spiro atoms. The number of rotatable bonds is 2. The van der Waals surface area contributed by atoms with E-state index in [-0.39, 0.29) is 5.91 Å². The maximum absolute atomic E-state index is 11.3. The molecule has 0 saturated heterocycles. The zero-order chi connectivity index (χ0) is 14.1. The van der Waals surface area contributed by atoms with E-state index >= 15 is 0 Å². The minimum Gasteiger partial charge on any atom is -0.326 e. The number of nitrogens with zero attached hydrogens (tertiary/aromatic N) is 1. The molecule has 0 aliphatic heterocycles. The second-order valence-electron chi connectivity index (χ2n) is 4.36. The lowest BCUT2D eigenvalue weighted by molar-refractivity contribution is -0.114. The lowest BCUT2D eigenvalue weighted by atomic mass is 10.2. The molecular formula is C15H11ClN2OS. The molecule has 0 aliphatic carbocycles. The monoisotopic (exact) mass is 302 g/mol. The van der Waals surface area contributed by atoms with E-state index in [4.69, 9.17) is 11.6 Å². The minimum atomic E-state index is -0.116. The minimum absolute atomic E-state index is 0.116. The van der Waals surface area contributed by atoms with Crippen molar-refractivity contribution in [2.24, 2.45) is 0 Å². The molecule has 1 amide bonds. The Morgan fingerprint density at radius 1 is 1.25 bits per heavy atom. The van der Waals surface area contributed by atoms with Crippen LogP contribution in [-0.2, 0) is 4.79 Å². The number of anilines is 1. The van der Waals surface area contributed by atoms with E-state index in [1.54, 1.807) is 23.5 Å². The van der Waals surface area contributed by atoms with Crippen LogP contribution in [0.2, 0.25) is 5.02 Å². The van der Waals surface area contributed by atoms with Crippen LogP contribution >= 0.6 is 22.9 Å². The summed E-state index contributed by atoms with van der Waals surface area (Å²) in [6.07, 6.45) is 0. The Morgan fingerprint density at radius 3 is 2.80 bits per heavy atom. The summed E-state index contributed by atoms with van der Waals surface area (Å²) in [5, 5.41) is 4.28. The van der Waals surface area contributed by atoms with E-state index in [2.05, 4.69) is 10.3 Å². The number of carbonyl (C=O) groups is 1. The largest absolute Gasteiger partial charge is 0.326 e. The van der Waals surface area contributed by atoms with Gasteiger partial charge in [0.25, 0.3) is 0 Å². The summed E-state index contributed by atoms with van der Waals surface area (Å²) < 4.78 is 1.11. The molecular weight excluding hydrogens is 292 g/mol. The Kier molecular flexibility index (Phi) is 3.42. The van der Waals surface area contributed by atoms with Crippen molar-refractivity contribution in [3.8, 4) is 10.6 Å². The summed E-state index contributed by atoms with van der Waals surface area (Å²) in [4.78, 5) is 15.9. The van der Waals surface area contributed by atoms with Gasteiger partial charge in [-0.15, -0.1) is 11.3 Å². The van der Waals surface area contributed by atoms with Gasteiger partial charge in [-0.05, 0) is 30.3 Å². The van der Waals surface area contributed by atoms with E-state index in [1.165, 1.54) is 6.92 Å². The molecule has 0 atom stereocenters. The van der Waals surface area contributed by atoms with Gasteiger partial charge >= 0.3 is 0 Å². The highest BCUT2D eigenvalue weighted by Crippen LogP contribution is 2.36. The second kappa shape index (κ2) is 5.23. The summed E-state index contributed by atoms with van der Waals surface area (Å²) in [6.45, 7) is 1.48. The molecule has 0 fully saturated rings. The molecule has 0 bridgehead atoms. The molecule has 1 heterocycles. The Morgan fingerprint density at radius 2 is 2.05 bits per heavy atom. The highest BCUT2D eigenvalue weighted by Gasteiger charge is 2.12. The smallest absolute Gasteiger partial charge is 0.221 e. The van der Waals surface area contributed by atoms with Crippen LogP contribution in [0.5, 0.6) is 0 Å². The van der Waals surface area contributed by atoms with Crippen LogP contribution in [0.3, 0.4) is 0 Å². The molecule has 1 aromatic heterocycles. The van der Waals surface area contributed by atoms with Crippen molar-refractivity contribution in [1.29, 1.82) is 0 Å². The molecule has 5 heteroatoms. The van der Waals surface area contributed by atoms with Gasteiger partial charge in [0.1, 0.15) is 5.01 Å². The number of carbonyl (C=O) groups excluding carboxylic acids is 1. The van der Waals surface area contributed by atoms with Gasteiger partial charge in [-0.25, -0.2) is 4.98 Å². The SMILES string of the molecule is CC(=O)Nc1ccc(Cl)cc1-c1nc2ccccc2s1. The van der Waals surface area contributed by atoms with E-state index in [0.29, 0.717) is 5.02 Å². The van der Waals surface area contributed by atoms with Gasteiger partial charge in [0.05, 0.1) is 15.9 Å². The first-order valence-electron chi connectivity index (χ1n) is 6.06. The number of amides is 1. The zero-order valence-corrected chi connectivity index (χ0v) is 12.3. The number of fused-ring (bicyclic) bond motifs is 1. The first-order valence-corrected chi connectivity index (χ1v) is 7.26. The van der Waals surface area contributed by atoms with E-state index in [1.807, 2.05) is 30.3 Å². The first-order chi connectivity index (χ1) is 9.63. The summed E-state index contributed by atoms with van der Waals surface area (Å²) in [5.74, 6) is -0.116. The molecule has 1 N–H and O–H groups in total. The third kappa shape index (κ3) is 2.53. The summed E-state index contributed by atoms with van der Waals surface area (Å²) >= 11 is 7.65. The summed E-state index contributed by atoms with van der Waals surface area (Å²) in [6, 6.07) is 13.3. The lowest BCUT2D eigenvalue weighted by Gasteiger charge is -2.08. The van der Waals surface area contributed by atoms with Gasteiger partial charge in [-0.2, -0.15) is 0 Å². The molecule has 0 saturated carbocycles. The fourth-order valence-electron chi connectivity index (χ4n) is 1.98. The fraction of sp³-hybridized carbons (Fsp3) is 0.0667. The van der Waals surface area contributed by atoms with Crippen molar-refractivity contribution in [1.82, 2.24) is 4.98 Å². The standard InChI is InChI=1S/C15H11ClN2OS/c1-9(19)17-12-7-6-10(16)8-11(12)15-18-13-4-2-3-5-14(13)20-15/h2-8H,1H3,(H,17,19).